The molecule has 0 saturated carbocycles. The molecule has 2 aromatic heterocycles. The van der Waals surface area contributed by atoms with E-state index >= 15 is 0 Å². The van der Waals surface area contributed by atoms with Gasteiger partial charge in [0, 0.05) is 37.1 Å². The molecule has 0 aliphatic heterocycles. The first kappa shape index (κ1) is 11.8. The highest BCUT2D eigenvalue weighted by atomic mass is 15.3. The van der Waals surface area contributed by atoms with Crippen LogP contribution in [0.1, 0.15) is 31.1 Å². The number of hydrogen-bond donors (Lipinski definition) is 1. The van der Waals surface area contributed by atoms with Gasteiger partial charge in [0.05, 0.1) is 11.9 Å². The van der Waals surface area contributed by atoms with Crippen LogP contribution in [-0.4, -0.2) is 14.8 Å². The van der Waals surface area contributed by atoms with Crippen molar-refractivity contribution in [3.8, 4) is 0 Å². The Kier molecular flexibility index (Phi) is 3.88. The number of rotatable bonds is 5. The Balaban J connectivity index is 1.91. The quantitative estimate of drug-likeness (QED) is 0.855. The van der Waals surface area contributed by atoms with Gasteiger partial charge in [0.25, 0.3) is 0 Å². The minimum absolute atomic E-state index is 0.289. The summed E-state index contributed by atoms with van der Waals surface area (Å²) in [6, 6.07) is 6.24. The topological polar surface area (TPSA) is 42.7 Å². The maximum absolute atomic E-state index is 4.28. The average molecular weight is 230 g/mol. The largest absolute Gasteiger partial charge is 0.304 e. The zero-order valence-electron chi connectivity index (χ0n) is 10.3. The van der Waals surface area contributed by atoms with Gasteiger partial charge >= 0.3 is 0 Å². The van der Waals surface area contributed by atoms with Crippen LogP contribution < -0.4 is 5.32 Å². The summed E-state index contributed by atoms with van der Waals surface area (Å²) in [4.78, 5) is 4.28. The smallest absolute Gasteiger partial charge is 0.0541 e. The van der Waals surface area contributed by atoms with Gasteiger partial charge in [-0.05, 0) is 26.0 Å². The van der Waals surface area contributed by atoms with Crippen molar-refractivity contribution in [2.45, 2.75) is 33.0 Å². The number of aromatic nitrogens is 3. The molecule has 2 aromatic rings. The highest BCUT2D eigenvalue weighted by Gasteiger charge is 2.07. The Morgan fingerprint density at radius 3 is 2.94 bits per heavy atom. The lowest BCUT2D eigenvalue weighted by Gasteiger charge is -2.11. The van der Waals surface area contributed by atoms with Crippen molar-refractivity contribution in [1.29, 1.82) is 0 Å². The maximum Gasteiger partial charge on any atom is 0.0541 e. The molecule has 0 amide bonds. The van der Waals surface area contributed by atoms with Crippen LogP contribution in [0.3, 0.4) is 0 Å². The highest BCUT2D eigenvalue weighted by Crippen LogP contribution is 2.11. The molecular weight excluding hydrogens is 212 g/mol. The van der Waals surface area contributed by atoms with E-state index in [1.807, 2.05) is 35.3 Å². The number of nitrogens with zero attached hydrogens (tertiary/aromatic N) is 3. The lowest BCUT2D eigenvalue weighted by molar-refractivity contribution is 0.566. The summed E-state index contributed by atoms with van der Waals surface area (Å²) < 4.78 is 1.94. The molecule has 4 heteroatoms. The van der Waals surface area contributed by atoms with Gasteiger partial charge in [0.1, 0.15) is 0 Å². The van der Waals surface area contributed by atoms with Crippen molar-refractivity contribution >= 4 is 0 Å². The summed E-state index contributed by atoms with van der Waals surface area (Å²) in [7, 11) is 0. The van der Waals surface area contributed by atoms with Crippen LogP contribution in [0, 0.1) is 0 Å². The van der Waals surface area contributed by atoms with Gasteiger partial charge < -0.3 is 5.32 Å². The molecule has 0 aliphatic carbocycles. The van der Waals surface area contributed by atoms with E-state index in [1.165, 1.54) is 5.56 Å². The van der Waals surface area contributed by atoms with E-state index < -0.39 is 0 Å². The zero-order valence-corrected chi connectivity index (χ0v) is 10.3. The average Bonchev–Trinajstić information content (AvgIpc) is 2.86. The number of hydrogen-bond acceptors (Lipinski definition) is 3. The van der Waals surface area contributed by atoms with Crippen LogP contribution in [0.4, 0.5) is 0 Å². The SMILES string of the molecule is CCn1cc(C(C)NCc2ccccn2)cn1. The second-order valence-electron chi connectivity index (χ2n) is 4.05. The molecule has 0 fully saturated rings. The van der Waals surface area contributed by atoms with E-state index in [-0.39, 0.29) is 6.04 Å². The lowest BCUT2D eigenvalue weighted by atomic mass is 10.2. The third kappa shape index (κ3) is 3.14. The molecule has 0 aliphatic rings. The predicted molar refractivity (Wildman–Crippen MR) is 67.4 cm³/mol. The van der Waals surface area contributed by atoms with Crippen molar-refractivity contribution in [2.75, 3.05) is 0 Å². The molecule has 90 valence electrons. The van der Waals surface area contributed by atoms with Gasteiger partial charge in [-0.1, -0.05) is 6.07 Å². The minimum Gasteiger partial charge on any atom is -0.304 e. The molecule has 0 saturated heterocycles. The molecule has 0 bridgehead atoms. The van der Waals surface area contributed by atoms with Gasteiger partial charge in [0.15, 0.2) is 0 Å². The first-order valence-electron chi connectivity index (χ1n) is 5.95. The van der Waals surface area contributed by atoms with Gasteiger partial charge in [-0.2, -0.15) is 5.10 Å². The molecule has 4 nitrogen and oxygen atoms in total. The molecular formula is C13H18N4. The van der Waals surface area contributed by atoms with Crippen LogP contribution >= 0.6 is 0 Å². The first-order chi connectivity index (χ1) is 8.29. The van der Waals surface area contributed by atoms with E-state index in [1.54, 1.807) is 0 Å². The van der Waals surface area contributed by atoms with Crippen LogP contribution in [0.5, 0.6) is 0 Å². The monoisotopic (exact) mass is 230 g/mol. The summed E-state index contributed by atoms with van der Waals surface area (Å²) in [6.45, 7) is 5.91. The Morgan fingerprint density at radius 1 is 1.41 bits per heavy atom. The maximum atomic E-state index is 4.28. The standard InChI is InChI=1S/C13H18N4/c1-3-17-10-12(8-16-17)11(2)15-9-13-6-4-5-7-14-13/h4-8,10-11,15H,3,9H2,1-2H3. The van der Waals surface area contributed by atoms with E-state index in [2.05, 4.69) is 35.4 Å². The molecule has 1 unspecified atom stereocenters. The van der Waals surface area contributed by atoms with E-state index in [0.717, 1.165) is 18.8 Å². The molecule has 17 heavy (non-hydrogen) atoms. The number of aryl methyl sites for hydroxylation is 1. The molecule has 2 heterocycles. The summed E-state index contributed by atoms with van der Waals surface area (Å²) >= 11 is 0. The number of nitrogens with one attached hydrogen (secondary N) is 1. The van der Waals surface area contributed by atoms with E-state index in [9.17, 15) is 0 Å². The van der Waals surface area contributed by atoms with Crippen molar-refractivity contribution in [3.63, 3.8) is 0 Å². The molecule has 0 aromatic carbocycles. The van der Waals surface area contributed by atoms with Crippen LogP contribution in [0.15, 0.2) is 36.8 Å². The summed E-state index contributed by atoms with van der Waals surface area (Å²) in [5.41, 5.74) is 2.27. The second kappa shape index (κ2) is 5.59. The fraction of sp³-hybridized carbons (Fsp3) is 0.385. The molecule has 0 radical (unpaired) electrons. The first-order valence-corrected chi connectivity index (χ1v) is 5.95. The van der Waals surface area contributed by atoms with Crippen LogP contribution in [0.2, 0.25) is 0 Å². The van der Waals surface area contributed by atoms with Gasteiger partial charge in [-0.3, -0.25) is 9.67 Å². The lowest BCUT2D eigenvalue weighted by Crippen LogP contribution is -2.18. The predicted octanol–water partition coefficient (Wildman–Crippen LogP) is 2.15. The van der Waals surface area contributed by atoms with E-state index in [4.69, 9.17) is 0 Å². The molecule has 2 rings (SSSR count). The fourth-order valence-corrected chi connectivity index (χ4v) is 1.65. The Labute approximate surface area is 102 Å². The van der Waals surface area contributed by atoms with E-state index in [0.29, 0.717) is 0 Å². The normalized spacial score (nSPS) is 12.6. The summed E-state index contributed by atoms with van der Waals surface area (Å²) in [5, 5.41) is 7.71. The van der Waals surface area contributed by atoms with Gasteiger partial charge in [0.2, 0.25) is 0 Å². The van der Waals surface area contributed by atoms with Crippen LogP contribution in [0.25, 0.3) is 0 Å². The van der Waals surface area contributed by atoms with Crippen molar-refractivity contribution < 1.29 is 0 Å². The highest BCUT2D eigenvalue weighted by molar-refractivity contribution is 5.10. The van der Waals surface area contributed by atoms with Crippen molar-refractivity contribution in [1.82, 2.24) is 20.1 Å². The Morgan fingerprint density at radius 2 is 2.29 bits per heavy atom. The van der Waals surface area contributed by atoms with Crippen LogP contribution in [-0.2, 0) is 13.1 Å². The third-order valence-electron chi connectivity index (χ3n) is 2.79. The summed E-state index contributed by atoms with van der Waals surface area (Å²) in [5.74, 6) is 0. The minimum atomic E-state index is 0.289. The molecule has 1 atom stereocenters. The Bertz CT molecular complexity index is 449. The van der Waals surface area contributed by atoms with Crippen molar-refractivity contribution in [3.05, 3.63) is 48.0 Å². The molecule has 0 spiro atoms. The molecule has 1 N–H and O–H groups in total. The fourth-order valence-electron chi connectivity index (χ4n) is 1.65. The van der Waals surface area contributed by atoms with Gasteiger partial charge in [-0.15, -0.1) is 0 Å². The number of pyridine rings is 1. The third-order valence-corrected chi connectivity index (χ3v) is 2.79. The second-order valence-corrected chi connectivity index (χ2v) is 4.05. The van der Waals surface area contributed by atoms with Gasteiger partial charge in [-0.25, -0.2) is 0 Å². The van der Waals surface area contributed by atoms with Crippen molar-refractivity contribution in [2.24, 2.45) is 0 Å². The summed E-state index contributed by atoms with van der Waals surface area (Å²) in [6.07, 6.45) is 5.81. The Hall–Kier alpha value is -1.68. The zero-order chi connectivity index (χ0) is 12.1.